The second kappa shape index (κ2) is 2.43. The first-order valence-electron chi connectivity index (χ1n) is 2.83. The summed E-state index contributed by atoms with van der Waals surface area (Å²) in [5.74, 6) is -0.903. The van der Waals surface area contributed by atoms with Gasteiger partial charge in [0, 0.05) is 11.9 Å². The lowest BCUT2D eigenvalue weighted by Gasteiger charge is -2.11. The molecule has 0 saturated heterocycles. The predicted octanol–water partition coefficient (Wildman–Crippen LogP) is -0.601. The van der Waals surface area contributed by atoms with Gasteiger partial charge >= 0.3 is 5.97 Å². The molecular formula is C6H8N2O2. The summed E-state index contributed by atoms with van der Waals surface area (Å²) in [5, 5.41) is 11.0. The summed E-state index contributed by atoms with van der Waals surface area (Å²) in [6, 6.07) is -0.632. The first kappa shape index (κ1) is 6.67. The number of carbonyl (C=O) groups is 1. The van der Waals surface area contributed by atoms with E-state index in [0.717, 1.165) is 0 Å². The van der Waals surface area contributed by atoms with E-state index in [1.807, 2.05) is 0 Å². The van der Waals surface area contributed by atoms with Crippen LogP contribution in [0.25, 0.3) is 0 Å². The molecule has 0 bridgehead atoms. The van der Waals surface area contributed by atoms with Gasteiger partial charge in [0.15, 0.2) is 0 Å². The number of rotatable bonds is 1. The van der Waals surface area contributed by atoms with E-state index >= 15 is 0 Å². The Labute approximate surface area is 58.0 Å². The molecule has 0 aliphatic carbocycles. The van der Waals surface area contributed by atoms with Crippen LogP contribution in [0.1, 0.15) is 0 Å². The topological polar surface area (TPSA) is 75.3 Å². The van der Waals surface area contributed by atoms with Gasteiger partial charge in [0.2, 0.25) is 0 Å². The Hall–Kier alpha value is -1.45. The van der Waals surface area contributed by atoms with Crippen molar-refractivity contribution >= 4 is 5.97 Å². The third kappa shape index (κ3) is 1.28. The van der Waals surface area contributed by atoms with Crippen molar-refractivity contribution in [2.75, 3.05) is 0 Å². The zero-order valence-corrected chi connectivity index (χ0v) is 5.24. The van der Waals surface area contributed by atoms with Gasteiger partial charge in [-0.15, -0.1) is 0 Å². The van der Waals surface area contributed by atoms with E-state index in [4.69, 9.17) is 10.8 Å². The molecule has 1 atom stereocenters. The third-order valence-electron chi connectivity index (χ3n) is 1.18. The van der Waals surface area contributed by atoms with Gasteiger partial charge in [0.25, 0.3) is 0 Å². The fourth-order valence-corrected chi connectivity index (χ4v) is 0.651. The monoisotopic (exact) mass is 140 g/mol. The number of nitrogens with one attached hydrogen (secondary N) is 1. The highest BCUT2D eigenvalue weighted by Gasteiger charge is 2.13. The van der Waals surface area contributed by atoms with Gasteiger partial charge in [0.05, 0.1) is 0 Å². The number of dihydropyridines is 1. The minimum atomic E-state index is -0.903. The number of hydrogen-bond acceptors (Lipinski definition) is 3. The number of carboxylic acids is 1. The van der Waals surface area contributed by atoms with Crippen LogP contribution in [0.4, 0.5) is 0 Å². The molecule has 0 amide bonds. The van der Waals surface area contributed by atoms with Gasteiger partial charge in [-0.3, -0.25) is 0 Å². The molecule has 1 aliphatic heterocycles. The van der Waals surface area contributed by atoms with Crippen molar-refractivity contribution < 1.29 is 9.90 Å². The molecule has 0 radical (unpaired) electrons. The van der Waals surface area contributed by atoms with Crippen LogP contribution < -0.4 is 11.1 Å². The van der Waals surface area contributed by atoms with Crippen molar-refractivity contribution in [2.45, 2.75) is 6.04 Å². The molecule has 4 N–H and O–H groups in total. The average molecular weight is 140 g/mol. The lowest BCUT2D eigenvalue weighted by Crippen LogP contribution is -2.33. The Kier molecular flexibility index (Phi) is 1.62. The van der Waals surface area contributed by atoms with Gasteiger partial charge < -0.3 is 16.2 Å². The smallest absolute Gasteiger partial charge is 0.330 e. The molecule has 0 spiro atoms. The summed E-state index contributed by atoms with van der Waals surface area (Å²) in [6.07, 6.45) is 4.53. The van der Waals surface area contributed by atoms with E-state index in [1.54, 1.807) is 6.08 Å². The van der Waals surface area contributed by atoms with Gasteiger partial charge in [-0.1, -0.05) is 0 Å². The summed E-state index contributed by atoms with van der Waals surface area (Å²) in [7, 11) is 0. The van der Waals surface area contributed by atoms with Crippen molar-refractivity contribution in [3.8, 4) is 0 Å². The number of aliphatic carboxylic acids is 1. The number of hydrogen-bond donors (Lipinski definition) is 3. The fourth-order valence-electron chi connectivity index (χ4n) is 0.651. The molecule has 1 aliphatic rings. The molecule has 1 heterocycles. The quantitative estimate of drug-likeness (QED) is 0.454. The van der Waals surface area contributed by atoms with Crippen LogP contribution >= 0.6 is 0 Å². The lowest BCUT2D eigenvalue weighted by atomic mass is 10.2. The van der Waals surface area contributed by atoms with E-state index in [2.05, 4.69) is 5.32 Å². The Balaban J connectivity index is 2.60. The normalized spacial score (nSPS) is 23.2. The molecule has 54 valence electrons. The van der Waals surface area contributed by atoms with Gasteiger partial charge in [0.1, 0.15) is 6.04 Å². The molecule has 0 aromatic rings. The molecule has 10 heavy (non-hydrogen) atoms. The van der Waals surface area contributed by atoms with Crippen LogP contribution in [0.3, 0.4) is 0 Å². The van der Waals surface area contributed by atoms with Crippen LogP contribution in [0.5, 0.6) is 0 Å². The summed E-state index contributed by atoms with van der Waals surface area (Å²) in [5.41, 5.74) is 5.86. The predicted molar refractivity (Wildman–Crippen MR) is 36.0 cm³/mol. The lowest BCUT2D eigenvalue weighted by molar-refractivity contribution is -0.137. The first-order chi connectivity index (χ1) is 4.70. The number of nitrogens with two attached hydrogens (primary N) is 1. The summed E-state index contributed by atoms with van der Waals surface area (Å²) >= 11 is 0. The summed E-state index contributed by atoms with van der Waals surface area (Å²) < 4.78 is 0. The average Bonchev–Trinajstić information content (AvgIpc) is 1.88. The molecule has 0 aromatic carbocycles. The summed E-state index contributed by atoms with van der Waals surface area (Å²) in [4.78, 5) is 10.3. The third-order valence-corrected chi connectivity index (χ3v) is 1.18. The van der Waals surface area contributed by atoms with Crippen molar-refractivity contribution in [3.05, 3.63) is 24.0 Å². The fraction of sp³-hybridized carbons (Fsp3) is 0.167. The number of carboxylic acid groups (broad SMARTS) is 1. The maximum atomic E-state index is 10.3. The Morgan fingerprint density at radius 3 is 2.90 bits per heavy atom. The molecule has 0 aromatic heterocycles. The second-order valence-corrected chi connectivity index (χ2v) is 1.99. The van der Waals surface area contributed by atoms with Crippen molar-refractivity contribution in [2.24, 2.45) is 5.73 Å². The Morgan fingerprint density at radius 2 is 2.50 bits per heavy atom. The standard InChI is InChI=1S/C6H8N2O2/c7-4-1-2-5(6(9)10)8-3-4/h1-3,5,8H,7H2,(H,9,10). The highest BCUT2D eigenvalue weighted by molar-refractivity contribution is 5.76. The van der Waals surface area contributed by atoms with Crippen LogP contribution in [0.15, 0.2) is 24.0 Å². The zero-order chi connectivity index (χ0) is 7.56. The van der Waals surface area contributed by atoms with Crippen LogP contribution in [0.2, 0.25) is 0 Å². The molecule has 0 saturated carbocycles. The number of allylic oxidation sites excluding steroid dienone is 1. The highest BCUT2D eigenvalue weighted by atomic mass is 16.4. The largest absolute Gasteiger partial charge is 0.479 e. The zero-order valence-electron chi connectivity index (χ0n) is 5.24. The molecule has 1 unspecified atom stereocenters. The Morgan fingerprint density at radius 1 is 1.80 bits per heavy atom. The molecule has 4 heteroatoms. The van der Waals surface area contributed by atoms with Crippen molar-refractivity contribution in [1.29, 1.82) is 0 Å². The van der Waals surface area contributed by atoms with Crippen LogP contribution in [-0.4, -0.2) is 17.1 Å². The first-order valence-corrected chi connectivity index (χ1v) is 2.83. The van der Waals surface area contributed by atoms with Crippen LogP contribution in [-0.2, 0) is 4.79 Å². The van der Waals surface area contributed by atoms with E-state index in [-0.39, 0.29) is 0 Å². The summed E-state index contributed by atoms with van der Waals surface area (Å²) in [6.45, 7) is 0. The SMILES string of the molecule is NC1=CNC(C(=O)O)C=C1. The molecule has 1 rings (SSSR count). The molecular weight excluding hydrogens is 132 g/mol. The maximum absolute atomic E-state index is 10.3. The molecule has 0 fully saturated rings. The van der Waals surface area contributed by atoms with Crippen LogP contribution in [0, 0.1) is 0 Å². The van der Waals surface area contributed by atoms with E-state index in [9.17, 15) is 4.79 Å². The molecule has 4 nitrogen and oxygen atoms in total. The maximum Gasteiger partial charge on any atom is 0.330 e. The Bertz CT molecular complexity index is 208. The van der Waals surface area contributed by atoms with Crippen molar-refractivity contribution in [1.82, 2.24) is 5.32 Å². The van der Waals surface area contributed by atoms with Gasteiger partial charge in [-0.25, -0.2) is 4.79 Å². The minimum absolute atomic E-state index is 0.539. The van der Waals surface area contributed by atoms with E-state index < -0.39 is 12.0 Å². The minimum Gasteiger partial charge on any atom is -0.479 e. The van der Waals surface area contributed by atoms with E-state index in [0.29, 0.717) is 5.70 Å². The van der Waals surface area contributed by atoms with Crippen molar-refractivity contribution in [3.63, 3.8) is 0 Å². The highest BCUT2D eigenvalue weighted by Crippen LogP contribution is 1.97. The van der Waals surface area contributed by atoms with Gasteiger partial charge in [-0.2, -0.15) is 0 Å². The second-order valence-electron chi connectivity index (χ2n) is 1.99. The van der Waals surface area contributed by atoms with Gasteiger partial charge in [-0.05, 0) is 12.2 Å². The van der Waals surface area contributed by atoms with E-state index in [1.165, 1.54) is 12.3 Å².